The number of fused-ring (bicyclic) bond motifs is 1. The predicted molar refractivity (Wildman–Crippen MR) is 44.9 cm³/mol. The number of aryl methyl sites for hydroxylation is 1. The van der Waals surface area contributed by atoms with E-state index in [1.807, 2.05) is 0 Å². The Morgan fingerprint density at radius 3 is 3.00 bits per heavy atom. The highest BCUT2D eigenvalue weighted by molar-refractivity contribution is 6.30. The molecule has 2 aromatic heterocycles. The van der Waals surface area contributed by atoms with Crippen molar-refractivity contribution in [1.82, 2.24) is 9.38 Å². The van der Waals surface area contributed by atoms with Crippen LogP contribution in [0.1, 0.15) is 5.69 Å². The van der Waals surface area contributed by atoms with Crippen LogP contribution in [0.4, 0.5) is 4.39 Å². The Morgan fingerprint density at radius 2 is 2.25 bits per heavy atom. The van der Waals surface area contributed by atoms with Crippen molar-refractivity contribution in [3.05, 3.63) is 35.0 Å². The van der Waals surface area contributed by atoms with E-state index < -0.39 is 5.82 Å². The number of halogens is 2. The molecule has 0 saturated heterocycles. The Hall–Kier alpha value is -1.09. The lowest BCUT2D eigenvalue weighted by molar-refractivity contribution is 0.630. The number of hydrogen-bond donors (Lipinski definition) is 0. The Balaban J connectivity index is 2.88. The van der Waals surface area contributed by atoms with Gasteiger partial charge in [-0.15, -0.1) is 0 Å². The smallest absolute Gasteiger partial charge is 0.173 e. The molecule has 0 radical (unpaired) electrons. The van der Waals surface area contributed by atoms with Gasteiger partial charge in [-0.05, 0) is 13.0 Å². The monoisotopic (exact) mass is 184 g/mol. The Bertz CT molecular complexity index is 436. The lowest BCUT2D eigenvalue weighted by Gasteiger charge is -1.94. The average Bonchev–Trinajstić information content (AvgIpc) is 2.29. The first kappa shape index (κ1) is 7.55. The van der Waals surface area contributed by atoms with E-state index in [1.54, 1.807) is 23.7 Å². The molecule has 2 nitrogen and oxygen atoms in total. The lowest BCUT2D eigenvalue weighted by atomic mass is 10.4. The highest BCUT2D eigenvalue weighted by Crippen LogP contribution is 2.15. The van der Waals surface area contributed by atoms with Crippen LogP contribution >= 0.6 is 11.6 Å². The molecule has 0 amide bonds. The lowest BCUT2D eigenvalue weighted by Crippen LogP contribution is -1.86. The number of rotatable bonds is 0. The Kier molecular flexibility index (Phi) is 1.54. The molecule has 62 valence electrons. The summed E-state index contributed by atoms with van der Waals surface area (Å²) >= 11 is 5.64. The topological polar surface area (TPSA) is 17.3 Å². The van der Waals surface area contributed by atoms with Gasteiger partial charge in [0.25, 0.3) is 0 Å². The Morgan fingerprint density at radius 1 is 1.50 bits per heavy atom. The average molecular weight is 185 g/mol. The normalized spacial score (nSPS) is 10.9. The molecule has 2 rings (SSSR count). The first-order chi connectivity index (χ1) is 5.66. The molecule has 0 fully saturated rings. The summed E-state index contributed by atoms with van der Waals surface area (Å²) in [5, 5.41) is 0.373. The maximum Gasteiger partial charge on any atom is 0.173 e. The van der Waals surface area contributed by atoms with Crippen LogP contribution in [-0.4, -0.2) is 9.38 Å². The van der Waals surface area contributed by atoms with Crippen molar-refractivity contribution in [1.29, 1.82) is 0 Å². The molecule has 0 N–H and O–H groups in total. The van der Waals surface area contributed by atoms with Gasteiger partial charge in [-0.2, -0.15) is 0 Å². The first-order valence-corrected chi connectivity index (χ1v) is 3.85. The summed E-state index contributed by atoms with van der Waals surface area (Å²) in [6, 6.07) is 1.25. The summed E-state index contributed by atoms with van der Waals surface area (Å²) in [5.41, 5.74) is 1.09. The molecule has 2 aromatic rings. The zero-order chi connectivity index (χ0) is 8.72. The molecule has 0 spiro atoms. The largest absolute Gasteiger partial charge is 0.303 e. The predicted octanol–water partition coefficient (Wildman–Crippen LogP) is 2.44. The van der Waals surface area contributed by atoms with Gasteiger partial charge < -0.3 is 4.40 Å². The van der Waals surface area contributed by atoms with Gasteiger partial charge in [0.2, 0.25) is 0 Å². The van der Waals surface area contributed by atoms with E-state index in [0.717, 1.165) is 5.69 Å². The van der Waals surface area contributed by atoms with E-state index in [4.69, 9.17) is 11.6 Å². The maximum atomic E-state index is 13.1. The van der Waals surface area contributed by atoms with Crippen molar-refractivity contribution >= 4 is 17.2 Å². The number of hydrogen-bond acceptors (Lipinski definition) is 1. The third kappa shape index (κ3) is 1.06. The molecular formula is C8H6ClFN2. The molecular weight excluding hydrogens is 179 g/mol. The molecule has 0 aliphatic rings. The second-order valence-corrected chi connectivity index (χ2v) is 3.06. The molecule has 4 heteroatoms. The van der Waals surface area contributed by atoms with Gasteiger partial charge in [-0.1, -0.05) is 11.6 Å². The molecule has 12 heavy (non-hydrogen) atoms. The van der Waals surface area contributed by atoms with Crippen molar-refractivity contribution in [2.24, 2.45) is 0 Å². The summed E-state index contributed by atoms with van der Waals surface area (Å²) < 4.78 is 14.7. The van der Waals surface area contributed by atoms with E-state index >= 15 is 0 Å². The number of pyridine rings is 1. The molecule has 0 bridgehead atoms. The molecule has 2 heterocycles. The van der Waals surface area contributed by atoms with Gasteiger partial charge in [-0.25, -0.2) is 9.37 Å². The second-order valence-electron chi connectivity index (χ2n) is 2.62. The van der Waals surface area contributed by atoms with Gasteiger partial charge >= 0.3 is 0 Å². The second kappa shape index (κ2) is 2.45. The van der Waals surface area contributed by atoms with Crippen LogP contribution in [0, 0.1) is 12.7 Å². The summed E-state index contributed by atoms with van der Waals surface area (Å²) in [7, 11) is 0. The summed E-state index contributed by atoms with van der Waals surface area (Å²) in [5.74, 6) is -0.393. The number of imidazole rings is 1. The van der Waals surface area contributed by atoms with Crippen molar-refractivity contribution in [3.63, 3.8) is 0 Å². The number of aromatic nitrogens is 2. The highest BCUT2D eigenvalue weighted by atomic mass is 35.5. The minimum atomic E-state index is -0.393. The minimum absolute atomic E-state index is 0.317. The van der Waals surface area contributed by atoms with Crippen LogP contribution in [0.15, 0.2) is 18.5 Å². The van der Waals surface area contributed by atoms with Gasteiger partial charge in [0.05, 0.1) is 10.7 Å². The van der Waals surface area contributed by atoms with E-state index in [-0.39, 0.29) is 0 Å². The standard InChI is InChI=1S/C8H6ClFN2/c1-5-3-12-4-6(9)2-7(10)8(12)11-5/h2-4H,1H3. The Labute approximate surface area is 73.6 Å². The fraction of sp³-hybridized carbons (Fsp3) is 0.125. The van der Waals surface area contributed by atoms with Crippen molar-refractivity contribution in [3.8, 4) is 0 Å². The van der Waals surface area contributed by atoms with E-state index in [0.29, 0.717) is 10.7 Å². The van der Waals surface area contributed by atoms with E-state index in [2.05, 4.69) is 4.98 Å². The van der Waals surface area contributed by atoms with Crippen molar-refractivity contribution in [2.45, 2.75) is 6.92 Å². The van der Waals surface area contributed by atoms with Crippen molar-refractivity contribution < 1.29 is 4.39 Å². The SMILES string of the molecule is Cc1cn2cc(Cl)cc(F)c2n1. The molecule has 0 atom stereocenters. The molecule has 0 aliphatic carbocycles. The molecule has 0 unspecified atom stereocenters. The van der Waals surface area contributed by atoms with E-state index in [1.165, 1.54) is 6.07 Å². The van der Waals surface area contributed by atoms with Crippen LogP contribution in [0.25, 0.3) is 5.65 Å². The zero-order valence-electron chi connectivity index (χ0n) is 6.38. The minimum Gasteiger partial charge on any atom is -0.303 e. The van der Waals surface area contributed by atoms with Crippen LogP contribution < -0.4 is 0 Å². The van der Waals surface area contributed by atoms with Gasteiger partial charge in [0.15, 0.2) is 11.5 Å². The third-order valence-electron chi connectivity index (χ3n) is 1.59. The van der Waals surface area contributed by atoms with Gasteiger partial charge in [0.1, 0.15) is 0 Å². The molecule has 0 saturated carbocycles. The summed E-state index contributed by atoms with van der Waals surface area (Å²) in [4.78, 5) is 3.98. The fourth-order valence-electron chi connectivity index (χ4n) is 1.15. The van der Waals surface area contributed by atoms with Crippen LogP contribution in [-0.2, 0) is 0 Å². The van der Waals surface area contributed by atoms with Crippen LogP contribution in [0.3, 0.4) is 0 Å². The zero-order valence-corrected chi connectivity index (χ0v) is 7.14. The van der Waals surface area contributed by atoms with Crippen molar-refractivity contribution in [2.75, 3.05) is 0 Å². The van der Waals surface area contributed by atoms with E-state index in [9.17, 15) is 4.39 Å². The maximum absolute atomic E-state index is 13.1. The molecule has 0 aromatic carbocycles. The summed E-state index contributed by atoms with van der Waals surface area (Å²) in [6.07, 6.45) is 3.35. The fourth-order valence-corrected chi connectivity index (χ4v) is 1.35. The van der Waals surface area contributed by atoms with Crippen LogP contribution in [0.2, 0.25) is 5.02 Å². The molecule has 0 aliphatic heterocycles. The number of nitrogens with zero attached hydrogens (tertiary/aromatic N) is 2. The first-order valence-electron chi connectivity index (χ1n) is 3.47. The summed E-state index contributed by atoms with van der Waals surface area (Å²) in [6.45, 7) is 1.81. The third-order valence-corrected chi connectivity index (χ3v) is 1.80. The highest BCUT2D eigenvalue weighted by Gasteiger charge is 2.04. The van der Waals surface area contributed by atoms with Crippen LogP contribution in [0.5, 0.6) is 0 Å². The quantitative estimate of drug-likeness (QED) is 0.615. The van der Waals surface area contributed by atoms with Gasteiger partial charge in [-0.3, -0.25) is 0 Å². The van der Waals surface area contributed by atoms with Gasteiger partial charge in [0, 0.05) is 12.4 Å².